The minimum absolute atomic E-state index is 0.574. The Morgan fingerprint density at radius 1 is 1.00 bits per heavy atom. The first kappa shape index (κ1) is 10.5. The van der Waals surface area contributed by atoms with Crippen LogP contribution in [0.25, 0.3) is 10.8 Å². The molecule has 0 unspecified atom stereocenters. The molecular weight excluding hydrogens is 231 g/mol. The Hall–Kier alpha value is -1.05. The number of aldehydes is 1. The van der Waals surface area contributed by atoms with Gasteiger partial charge in [0.25, 0.3) is 0 Å². The molecule has 15 heavy (non-hydrogen) atoms. The van der Waals surface area contributed by atoms with Gasteiger partial charge in [0.05, 0.1) is 0 Å². The van der Waals surface area contributed by atoms with Crippen molar-refractivity contribution in [1.82, 2.24) is 0 Å². The van der Waals surface area contributed by atoms with Crippen molar-refractivity contribution >= 4 is 40.3 Å². The van der Waals surface area contributed by atoms with E-state index in [1.165, 1.54) is 0 Å². The summed E-state index contributed by atoms with van der Waals surface area (Å²) in [6.45, 7) is 0. The van der Waals surface area contributed by atoms with Crippen LogP contribution in [0, 0.1) is 0 Å². The van der Waals surface area contributed by atoms with Gasteiger partial charge in [-0.2, -0.15) is 0 Å². The number of halogens is 2. The van der Waals surface area contributed by atoms with Crippen LogP contribution >= 0.6 is 23.2 Å². The van der Waals surface area contributed by atoms with Crippen molar-refractivity contribution in [3.8, 4) is 0 Å². The number of rotatable bonds is 2. The lowest BCUT2D eigenvalue weighted by Crippen LogP contribution is -1.88. The lowest BCUT2D eigenvalue weighted by Gasteiger charge is -2.07. The fraction of sp³-hybridized carbons (Fsp3) is 0.0833. The van der Waals surface area contributed by atoms with Crippen molar-refractivity contribution in [2.75, 3.05) is 0 Å². The third-order valence-corrected chi connectivity index (χ3v) is 2.82. The van der Waals surface area contributed by atoms with E-state index in [9.17, 15) is 4.79 Å². The van der Waals surface area contributed by atoms with E-state index in [4.69, 9.17) is 23.2 Å². The van der Waals surface area contributed by atoms with Crippen molar-refractivity contribution in [3.05, 3.63) is 47.5 Å². The molecule has 0 radical (unpaired) electrons. The molecule has 0 bridgehead atoms. The van der Waals surface area contributed by atoms with Gasteiger partial charge in [-0.15, -0.1) is 23.2 Å². The van der Waals surface area contributed by atoms with Crippen molar-refractivity contribution in [2.24, 2.45) is 0 Å². The van der Waals surface area contributed by atoms with Gasteiger partial charge in [0, 0.05) is 5.56 Å². The first-order valence-corrected chi connectivity index (χ1v) is 5.36. The molecule has 1 nitrogen and oxygen atoms in total. The smallest absolute Gasteiger partial charge is 0.150 e. The maximum atomic E-state index is 10.8. The van der Waals surface area contributed by atoms with Gasteiger partial charge in [0.15, 0.2) is 6.29 Å². The highest BCUT2D eigenvalue weighted by molar-refractivity contribution is 6.44. The highest BCUT2D eigenvalue weighted by atomic mass is 35.5. The van der Waals surface area contributed by atoms with Crippen LogP contribution in [0.15, 0.2) is 36.4 Å². The Balaban J connectivity index is 2.82. The van der Waals surface area contributed by atoms with Crippen molar-refractivity contribution < 1.29 is 4.79 Å². The molecule has 2 aromatic carbocycles. The molecule has 0 amide bonds. The number of benzene rings is 2. The second kappa shape index (κ2) is 4.21. The first-order chi connectivity index (χ1) is 7.24. The van der Waals surface area contributed by atoms with Gasteiger partial charge in [-0.3, -0.25) is 4.79 Å². The van der Waals surface area contributed by atoms with Gasteiger partial charge in [0.2, 0.25) is 0 Å². The van der Waals surface area contributed by atoms with E-state index < -0.39 is 4.84 Å². The average molecular weight is 239 g/mol. The molecule has 0 aliphatic rings. The molecule has 0 fully saturated rings. The second-order valence-electron chi connectivity index (χ2n) is 3.21. The van der Waals surface area contributed by atoms with Crippen LogP contribution in [-0.4, -0.2) is 6.29 Å². The number of carbonyl (C=O) groups is 1. The molecule has 0 saturated carbocycles. The first-order valence-electron chi connectivity index (χ1n) is 4.49. The Morgan fingerprint density at radius 3 is 2.33 bits per heavy atom. The molecular formula is C12H8Cl2O. The summed E-state index contributed by atoms with van der Waals surface area (Å²) < 4.78 is 0. The normalized spacial score (nSPS) is 10.9. The molecule has 76 valence electrons. The van der Waals surface area contributed by atoms with E-state index in [-0.39, 0.29) is 0 Å². The van der Waals surface area contributed by atoms with Crippen LogP contribution in [0.2, 0.25) is 0 Å². The zero-order chi connectivity index (χ0) is 10.8. The lowest BCUT2D eigenvalue weighted by atomic mass is 10.0. The molecule has 0 N–H and O–H groups in total. The summed E-state index contributed by atoms with van der Waals surface area (Å²) in [5, 5.41) is 1.81. The van der Waals surface area contributed by atoms with Gasteiger partial charge >= 0.3 is 0 Å². The number of hydrogen-bond donors (Lipinski definition) is 0. The Kier molecular flexibility index (Phi) is 2.94. The monoisotopic (exact) mass is 238 g/mol. The molecule has 0 heterocycles. The van der Waals surface area contributed by atoms with Crippen molar-refractivity contribution in [1.29, 1.82) is 0 Å². The summed E-state index contributed by atoms with van der Waals surface area (Å²) in [6, 6.07) is 11.1. The number of alkyl halides is 2. The second-order valence-corrected chi connectivity index (χ2v) is 4.30. The van der Waals surface area contributed by atoms with E-state index >= 15 is 0 Å². The minimum Gasteiger partial charge on any atom is -0.298 e. The van der Waals surface area contributed by atoms with Gasteiger partial charge in [0.1, 0.15) is 4.84 Å². The van der Waals surface area contributed by atoms with E-state index in [0.717, 1.165) is 22.6 Å². The number of hydrogen-bond acceptors (Lipinski definition) is 1. The standard InChI is InChI=1S/C12H8Cl2O/c13-12(14)11-6-2-4-9-8(7-15)3-1-5-10(9)11/h1-7,12H. The van der Waals surface area contributed by atoms with E-state index in [1.807, 2.05) is 30.3 Å². The van der Waals surface area contributed by atoms with Crippen molar-refractivity contribution in [3.63, 3.8) is 0 Å². The van der Waals surface area contributed by atoms with Crippen LogP contribution in [0.5, 0.6) is 0 Å². The van der Waals surface area contributed by atoms with Crippen LogP contribution in [-0.2, 0) is 0 Å². The SMILES string of the molecule is O=Cc1cccc2c(C(Cl)Cl)cccc12. The Morgan fingerprint density at radius 2 is 1.67 bits per heavy atom. The molecule has 0 aliphatic heterocycles. The summed E-state index contributed by atoms with van der Waals surface area (Å²) in [5.74, 6) is 0. The predicted octanol–water partition coefficient (Wildman–Crippen LogP) is 4.13. The molecule has 0 spiro atoms. The quantitative estimate of drug-likeness (QED) is 0.568. The van der Waals surface area contributed by atoms with Gasteiger partial charge in [-0.25, -0.2) is 0 Å². The zero-order valence-electron chi connectivity index (χ0n) is 7.78. The summed E-state index contributed by atoms with van der Waals surface area (Å²) in [7, 11) is 0. The molecule has 2 rings (SSSR count). The van der Waals surface area contributed by atoms with Crippen LogP contribution < -0.4 is 0 Å². The maximum Gasteiger partial charge on any atom is 0.150 e. The molecule has 0 atom stereocenters. The lowest BCUT2D eigenvalue weighted by molar-refractivity contribution is 0.112. The van der Waals surface area contributed by atoms with Crippen LogP contribution in [0.4, 0.5) is 0 Å². The van der Waals surface area contributed by atoms with Crippen LogP contribution in [0.1, 0.15) is 20.8 Å². The Labute approximate surface area is 97.6 Å². The van der Waals surface area contributed by atoms with Crippen LogP contribution in [0.3, 0.4) is 0 Å². The van der Waals surface area contributed by atoms with Gasteiger partial charge < -0.3 is 0 Å². The summed E-state index contributed by atoms with van der Waals surface area (Å²) in [4.78, 5) is 10.3. The van der Waals surface area contributed by atoms with Gasteiger partial charge in [-0.05, 0) is 16.3 Å². The topological polar surface area (TPSA) is 17.1 Å². The van der Waals surface area contributed by atoms with E-state index in [1.54, 1.807) is 6.07 Å². The third-order valence-electron chi connectivity index (χ3n) is 2.35. The molecule has 0 saturated heterocycles. The molecule has 2 aromatic rings. The fourth-order valence-corrected chi connectivity index (χ4v) is 2.03. The Bertz CT molecular complexity index is 506. The third kappa shape index (κ3) is 1.85. The molecule has 0 aliphatic carbocycles. The predicted molar refractivity (Wildman–Crippen MR) is 63.8 cm³/mol. The molecule has 0 aromatic heterocycles. The van der Waals surface area contributed by atoms with E-state index in [2.05, 4.69) is 0 Å². The summed E-state index contributed by atoms with van der Waals surface area (Å²) >= 11 is 11.7. The molecule has 3 heteroatoms. The zero-order valence-corrected chi connectivity index (χ0v) is 9.29. The minimum atomic E-state index is -0.574. The van der Waals surface area contributed by atoms with Crippen molar-refractivity contribution in [2.45, 2.75) is 4.84 Å². The number of carbonyl (C=O) groups excluding carboxylic acids is 1. The average Bonchev–Trinajstić information content (AvgIpc) is 2.27. The summed E-state index contributed by atoms with van der Waals surface area (Å²) in [5.41, 5.74) is 1.49. The highest BCUT2D eigenvalue weighted by Crippen LogP contribution is 2.32. The largest absolute Gasteiger partial charge is 0.298 e. The van der Waals surface area contributed by atoms with E-state index in [0.29, 0.717) is 5.56 Å². The number of fused-ring (bicyclic) bond motifs is 1. The highest BCUT2D eigenvalue weighted by Gasteiger charge is 2.09. The maximum absolute atomic E-state index is 10.8. The van der Waals surface area contributed by atoms with Gasteiger partial charge in [-0.1, -0.05) is 36.4 Å². The summed E-state index contributed by atoms with van der Waals surface area (Å²) in [6.07, 6.45) is 0.837. The fourth-order valence-electron chi connectivity index (χ4n) is 1.65.